The Kier molecular flexibility index (Phi) is 3.25. The summed E-state index contributed by atoms with van der Waals surface area (Å²) in [6.45, 7) is 5.13. The molecule has 0 atom stereocenters. The van der Waals surface area contributed by atoms with Gasteiger partial charge in [0.05, 0.1) is 18.6 Å². The van der Waals surface area contributed by atoms with Gasteiger partial charge in [0, 0.05) is 17.9 Å². The van der Waals surface area contributed by atoms with E-state index in [9.17, 15) is 0 Å². The fraction of sp³-hybridized carbons (Fsp3) is 0.308. The van der Waals surface area contributed by atoms with Crippen molar-refractivity contribution < 1.29 is 0 Å². The lowest BCUT2D eigenvalue weighted by molar-refractivity contribution is 0.577. The van der Waals surface area contributed by atoms with Gasteiger partial charge in [0.15, 0.2) is 0 Å². The summed E-state index contributed by atoms with van der Waals surface area (Å²) < 4.78 is 2.18. The summed E-state index contributed by atoms with van der Waals surface area (Å²) in [7, 11) is 0. The zero-order valence-corrected chi connectivity index (χ0v) is 9.72. The van der Waals surface area contributed by atoms with E-state index < -0.39 is 0 Å². The zero-order valence-electron chi connectivity index (χ0n) is 9.72. The summed E-state index contributed by atoms with van der Waals surface area (Å²) >= 11 is 0. The van der Waals surface area contributed by atoms with E-state index in [1.807, 2.05) is 30.7 Å². The smallest absolute Gasteiger partial charge is 0.0951 e. The van der Waals surface area contributed by atoms with Crippen LogP contribution >= 0.6 is 0 Å². The van der Waals surface area contributed by atoms with Crippen LogP contribution in [0.4, 0.5) is 5.69 Å². The zero-order chi connectivity index (χ0) is 11.4. The Morgan fingerprint density at radius 2 is 2.00 bits per heavy atom. The largest absolute Gasteiger partial charge is 0.379 e. The summed E-state index contributed by atoms with van der Waals surface area (Å²) in [5.41, 5.74) is 2.35. The number of para-hydroxylation sites is 1. The van der Waals surface area contributed by atoms with Crippen molar-refractivity contribution in [3.63, 3.8) is 0 Å². The molecule has 3 heteroatoms. The maximum Gasteiger partial charge on any atom is 0.0951 e. The van der Waals surface area contributed by atoms with Gasteiger partial charge in [-0.05, 0) is 26.0 Å². The van der Waals surface area contributed by atoms with E-state index in [2.05, 4.69) is 40.8 Å². The third-order valence-electron chi connectivity index (χ3n) is 2.55. The highest BCUT2D eigenvalue weighted by Gasteiger charge is 2.04. The maximum atomic E-state index is 4.18. The van der Waals surface area contributed by atoms with E-state index in [0.717, 1.165) is 12.2 Å². The fourth-order valence-electron chi connectivity index (χ4n) is 1.68. The number of nitrogens with one attached hydrogen (secondary N) is 1. The molecule has 0 unspecified atom stereocenters. The summed E-state index contributed by atoms with van der Waals surface area (Å²) in [6, 6.07) is 10.7. The topological polar surface area (TPSA) is 29.9 Å². The Bertz CT molecular complexity index is 431. The standard InChI is InChI=1S/C13H17N3/c1-11(2)16-10-14-8-13(16)9-15-12-6-4-3-5-7-12/h3-8,10-11,15H,9H2,1-2H3. The average molecular weight is 215 g/mol. The molecule has 1 N–H and O–H groups in total. The van der Waals surface area contributed by atoms with Crippen LogP contribution in [-0.2, 0) is 6.54 Å². The Morgan fingerprint density at radius 1 is 1.25 bits per heavy atom. The summed E-state index contributed by atoms with van der Waals surface area (Å²) in [5, 5.41) is 3.38. The van der Waals surface area contributed by atoms with Crippen LogP contribution in [0.1, 0.15) is 25.6 Å². The number of nitrogens with zero attached hydrogens (tertiary/aromatic N) is 2. The normalized spacial score (nSPS) is 10.7. The van der Waals surface area contributed by atoms with E-state index in [0.29, 0.717) is 6.04 Å². The number of anilines is 1. The van der Waals surface area contributed by atoms with Gasteiger partial charge in [-0.15, -0.1) is 0 Å². The molecule has 2 rings (SSSR count). The number of rotatable bonds is 4. The van der Waals surface area contributed by atoms with Gasteiger partial charge in [0.25, 0.3) is 0 Å². The molecule has 0 spiro atoms. The number of hydrogen-bond donors (Lipinski definition) is 1. The summed E-state index contributed by atoms with van der Waals surface area (Å²) in [6.07, 6.45) is 3.79. The van der Waals surface area contributed by atoms with Crippen molar-refractivity contribution in [3.8, 4) is 0 Å². The van der Waals surface area contributed by atoms with E-state index in [-0.39, 0.29) is 0 Å². The molecule has 3 nitrogen and oxygen atoms in total. The van der Waals surface area contributed by atoms with Crippen LogP contribution in [-0.4, -0.2) is 9.55 Å². The second-order valence-corrected chi connectivity index (χ2v) is 4.11. The van der Waals surface area contributed by atoms with Crippen molar-refractivity contribution in [2.24, 2.45) is 0 Å². The first-order valence-corrected chi connectivity index (χ1v) is 5.57. The molecule has 0 bridgehead atoms. The molecule has 1 heterocycles. The van der Waals surface area contributed by atoms with Gasteiger partial charge < -0.3 is 9.88 Å². The van der Waals surface area contributed by atoms with E-state index in [1.54, 1.807) is 0 Å². The predicted octanol–water partition coefficient (Wildman–Crippen LogP) is 3.08. The first-order valence-electron chi connectivity index (χ1n) is 5.57. The van der Waals surface area contributed by atoms with Crippen LogP contribution in [0.25, 0.3) is 0 Å². The average Bonchev–Trinajstić information content (AvgIpc) is 2.76. The minimum absolute atomic E-state index is 0.454. The molecule has 0 aliphatic rings. The lowest BCUT2D eigenvalue weighted by Crippen LogP contribution is -2.08. The van der Waals surface area contributed by atoms with Gasteiger partial charge in [0.2, 0.25) is 0 Å². The lowest BCUT2D eigenvalue weighted by atomic mass is 10.3. The van der Waals surface area contributed by atoms with Gasteiger partial charge in [0.1, 0.15) is 0 Å². The SMILES string of the molecule is CC(C)n1cncc1CNc1ccccc1. The molecule has 1 aromatic carbocycles. The minimum Gasteiger partial charge on any atom is -0.379 e. The third-order valence-corrected chi connectivity index (χ3v) is 2.55. The molecule has 0 aliphatic heterocycles. The lowest BCUT2D eigenvalue weighted by Gasteiger charge is -2.12. The third kappa shape index (κ3) is 2.42. The molecule has 2 aromatic rings. The highest BCUT2D eigenvalue weighted by molar-refractivity contribution is 5.42. The Balaban J connectivity index is 2.02. The predicted molar refractivity (Wildman–Crippen MR) is 66.4 cm³/mol. The molecule has 0 fully saturated rings. The Hall–Kier alpha value is -1.77. The molecular weight excluding hydrogens is 198 g/mol. The van der Waals surface area contributed by atoms with Crippen molar-refractivity contribution >= 4 is 5.69 Å². The molecule has 84 valence electrons. The molecule has 16 heavy (non-hydrogen) atoms. The van der Waals surface area contributed by atoms with Gasteiger partial charge >= 0.3 is 0 Å². The molecule has 0 aliphatic carbocycles. The number of hydrogen-bond acceptors (Lipinski definition) is 2. The number of benzene rings is 1. The van der Waals surface area contributed by atoms with Crippen LogP contribution in [0.15, 0.2) is 42.9 Å². The highest BCUT2D eigenvalue weighted by atomic mass is 15.1. The second kappa shape index (κ2) is 4.84. The summed E-state index contributed by atoms with van der Waals surface area (Å²) in [4.78, 5) is 4.18. The maximum absolute atomic E-state index is 4.18. The van der Waals surface area contributed by atoms with Crippen molar-refractivity contribution in [1.82, 2.24) is 9.55 Å². The van der Waals surface area contributed by atoms with Crippen LogP contribution in [0.3, 0.4) is 0 Å². The van der Waals surface area contributed by atoms with Crippen LogP contribution in [0.5, 0.6) is 0 Å². The quantitative estimate of drug-likeness (QED) is 0.849. The Labute approximate surface area is 96.1 Å². The molecule has 1 aromatic heterocycles. The highest BCUT2D eigenvalue weighted by Crippen LogP contribution is 2.11. The number of aromatic nitrogens is 2. The Morgan fingerprint density at radius 3 is 2.69 bits per heavy atom. The number of imidazole rings is 1. The molecule has 0 saturated carbocycles. The molecular formula is C13H17N3. The van der Waals surface area contributed by atoms with Crippen molar-refractivity contribution in [1.29, 1.82) is 0 Å². The van der Waals surface area contributed by atoms with Gasteiger partial charge in [-0.2, -0.15) is 0 Å². The second-order valence-electron chi connectivity index (χ2n) is 4.11. The van der Waals surface area contributed by atoms with Crippen molar-refractivity contribution in [3.05, 3.63) is 48.5 Å². The first-order chi connectivity index (χ1) is 7.77. The van der Waals surface area contributed by atoms with Crippen molar-refractivity contribution in [2.45, 2.75) is 26.4 Å². The first kappa shape index (κ1) is 10.7. The van der Waals surface area contributed by atoms with E-state index in [1.165, 1.54) is 5.69 Å². The van der Waals surface area contributed by atoms with Crippen molar-refractivity contribution in [2.75, 3.05) is 5.32 Å². The monoisotopic (exact) mass is 215 g/mol. The fourth-order valence-corrected chi connectivity index (χ4v) is 1.68. The van der Waals surface area contributed by atoms with E-state index >= 15 is 0 Å². The minimum atomic E-state index is 0.454. The molecule has 0 saturated heterocycles. The van der Waals surface area contributed by atoms with Gasteiger partial charge in [-0.3, -0.25) is 0 Å². The van der Waals surface area contributed by atoms with Crippen LogP contribution in [0, 0.1) is 0 Å². The van der Waals surface area contributed by atoms with Gasteiger partial charge in [-0.1, -0.05) is 18.2 Å². The van der Waals surface area contributed by atoms with Gasteiger partial charge in [-0.25, -0.2) is 4.98 Å². The molecule has 0 radical (unpaired) electrons. The summed E-state index contributed by atoms with van der Waals surface area (Å²) in [5.74, 6) is 0. The van der Waals surface area contributed by atoms with E-state index in [4.69, 9.17) is 0 Å². The van der Waals surface area contributed by atoms with Crippen LogP contribution in [0.2, 0.25) is 0 Å². The van der Waals surface area contributed by atoms with Crippen LogP contribution < -0.4 is 5.32 Å². The molecule has 0 amide bonds.